The summed E-state index contributed by atoms with van der Waals surface area (Å²) in [6.07, 6.45) is -5.15. The number of imide groups is 1. The Morgan fingerprint density at radius 2 is 1.75 bits per heavy atom. The van der Waals surface area contributed by atoms with E-state index in [2.05, 4.69) is 0 Å². The molecule has 0 atom stereocenters. The van der Waals surface area contributed by atoms with Crippen molar-refractivity contribution >= 4 is 23.4 Å². The number of benzene rings is 1. The van der Waals surface area contributed by atoms with Crippen LogP contribution in [0.4, 0.5) is 23.7 Å². The van der Waals surface area contributed by atoms with Gasteiger partial charge in [-0.15, -0.1) is 0 Å². The maximum atomic E-state index is 12.7. The van der Waals surface area contributed by atoms with Gasteiger partial charge in [-0.25, -0.2) is 4.79 Å². The molecule has 5 nitrogen and oxygen atoms in total. The van der Waals surface area contributed by atoms with Gasteiger partial charge in [-0.2, -0.15) is 13.2 Å². The zero-order valence-electron chi connectivity index (χ0n) is 10.4. The van der Waals surface area contributed by atoms with Crippen molar-refractivity contribution in [3.8, 4) is 0 Å². The van der Waals surface area contributed by atoms with E-state index >= 15 is 0 Å². The fourth-order valence-corrected chi connectivity index (χ4v) is 1.39. The van der Waals surface area contributed by atoms with Gasteiger partial charge < -0.3 is 5.32 Å². The van der Waals surface area contributed by atoms with Crippen molar-refractivity contribution < 1.29 is 27.6 Å². The number of urea groups is 1. The number of alkyl halides is 3. The number of Topliss-reactive ketones (excluding diaryl/α,β-unsaturated/α-hetero) is 1. The summed E-state index contributed by atoms with van der Waals surface area (Å²) in [4.78, 5) is 33.1. The van der Waals surface area contributed by atoms with Crippen LogP contribution < -0.4 is 10.6 Å². The van der Waals surface area contributed by atoms with Gasteiger partial charge in [-0.1, -0.05) is 12.1 Å². The predicted molar refractivity (Wildman–Crippen MR) is 63.9 cm³/mol. The molecule has 108 valence electrons. The van der Waals surface area contributed by atoms with Crippen molar-refractivity contribution in [2.75, 3.05) is 5.32 Å². The molecule has 1 rings (SSSR count). The summed E-state index contributed by atoms with van der Waals surface area (Å²) >= 11 is 0. The highest BCUT2D eigenvalue weighted by Crippen LogP contribution is 2.34. The van der Waals surface area contributed by atoms with Gasteiger partial charge in [-0.05, 0) is 19.1 Å². The van der Waals surface area contributed by atoms with E-state index in [-0.39, 0.29) is 0 Å². The first kappa shape index (κ1) is 15.7. The normalized spacial score (nSPS) is 10.8. The highest BCUT2D eigenvalue weighted by Gasteiger charge is 2.33. The van der Waals surface area contributed by atoms with Gasteiger partial charge in [0.2, 0.25) is 5.91 Å². The van der Waals surface area contributed by atoms with Crippen molar-refractivity contribution in [2.24, 2.45) is 0 Å². The Labute approximate surface area is 112 Å². The molecule has 8 heteroatoms. The fourth-order valence-electron chi connectivity index (χ4n) is 1.39. The third-order valence-electron chi connectivity index (χ3n) is 2.14. The van der Waals surface area contributed by atoms with Crippen molar-refractivity contribution in [3.05, 3.63) is 29.8 Å². The minimum atomic E-state index is -4.63. The minimum absolute atomic E-state index is 0.467. The number of ketones is 1. The number of rotatable bonds is 3. The number of para-hydroxylation sites is 1. The zero-order valence-corrected chi connectivity index (χ0v) is 10.4. The molecular weight excluding hydrogens is 277 g/mol. The average Bonchev–Trinajstić information content (AvgIpc) is 2.26. The lowest BCUT2D eigenvalue weighted by Crippen LogP contribution is -2.35. The van der Waals surface area contributed by atoms with Crippen LogP contribution in [0.1, 0.15) is 18.9 Å². The second-order valence-electron chi connectivity index (χ2n) is 3.92. The minimum Gasteiger partial charge on any atom is -0.307 e. The maximum absolute atomic E-state index is 12.7. The second kappa shape index (κ2) is 6.18. The number of halogens is 3. The third-order valence-corrected chi connectivity index (χ3v) is 2.14. The number of carbonyl (C=O) groups is 3. The Hall–Kier alpha value is -2.38. The highest BCUT2D eigenvalue weighted by atomic mass is 19.4. The Kier molecular flexibility index (Phi) is 4.84. The fraction of sp³-hybridized carbons (Fsp3) is 0.250. The van der Waals surface area contributed by atoms with Gasteiger partial charge in [-0.3, -0.25) is 14.9 Å². The van der Waals surface area contributed by atoms with Gasteiger partial charge >= 0.3 is 12.2 Å². The van der Waals surface area contributed by atoms with Crippen LogP contribution in [-0.2, 0) is 15.8 Å². The van der Waals surface area contributed by atoms with Gasteiger partial charge in [0, 0.05) is 0 Å². The summed E-state index contributed by atoms with van der Waals surface area (Å²) in [6.45, 7) is 1.15. The first-order chi connectivity index (χ1) is 9.20. The number of amides is 3. The van der Waals surface area contributed by atoms with E-state index in [1.165, 1.54) is 12.1 Å². The van der Waals surface area contributed by atoms with Gasteiger partial charge in [0.05, 0.1) is 17.7 Å². The summed E-state index contributed by atoms with van der Waals surface area (Å²) < 4.78 is 38.0. The average molecular weight is 288 g/mol. The molecule has 0 bridgehead atoms. The van der Waals surface area contributed by atoms with E-state index in [0.717, 1.165) is 19.1 Å². The van der Waals surface area contributed by atoms with Gasteiger partial charge in [0.1, 0.15) is 5.78 Å². The van der Waals surface area contributed by atoms with E-state index in [0.29, 0.717) is 0 Å². The summed E-state index contributed by atoms with van der Waals surface area (Å²) in [7, 11) is 0. The second-order valence-corrected chi connectivity index (χ2v) is 3.92. The molecule has 0 aromatic heterocycles. The Bertz CT molecular complexity index is 541. The molecular formula is C12H11F3N2O3. The Balaban J connectivity index is 2.77. The molecule has 0 heterocycles. The number of hydrogen-bond acceptors (Lipinski definition) is 3. The molecule has 20 heavy (non-hydrogen) atoms. The van der Waals surface area contributed by atoms with Crippen LogP contribution in [0.15, 0.2) is 24.3 Å². The van der Waals surface area contributed by atoms with Crippen molar-refractivity contribution in [2.45, 2.75) is 19.5 Å². The predicted octanol–water partition coefficient (Wildman–Crippen LogP) is 2.33. The summed E-state index contributed by atoms with van der Waals surface area (Å²) in [5.41, 5.74) is -1.51. The molecule has 0 saturated heterocycles. The molecule has 1 aromatic carbocycles. The van der Waals surface area contributed by atoms with Gasteiger partial charge in [0.25, 0.3) is 0 Å². The van der Waals surface area contributed by atoms with Crippen LogP contribution in [-0.4, -0.2) is 17.7 Å². The van der Waals surface area contributed by atoms with Crippen LogP contribution in [0, 0.1) is 0 Å². The third kappa shape index (κ3) is 4.71. The van der Waals surface area contributed by atoms with E-state index < -0.39 is 41.6 Å². The first-order valence-electron chi connectivity index (χ1n) is 5.46. The molecule has 0 aliphatic heterocycles. The summed E-state index contributed by atoms with van der Waals surface area (Å²) in [5, 5.41) is 3.68. The van der Waals surface area contributed by atoms with E-state index in [1.54, 1.807) is 5.32 Å². The molecule has 0 aliphatic rings. The molecule has 0 spiro atoms. The smallest absolute Gasteiger partial charge is 0.307 e. The van der Waals surface area contributed by atoms with Crippen molar-refractivity contribution in [1.29, 1.82) is 0 Å². The maximum Gasteiger partial charge on any atom is 0.418 e. The quantitative estimate of drug-likeness (QED) is 0.838. The number of carbonyl (C=O) groups excluding carboxylic acids is 3. The number of anilines is 1. The molecule has 0 saturated carbocycles. The summed E-state index contributed by atoms with van der Waals surface area (Å²) in [5.74, 6) is -1.36. The van der Waals surface area contributed by atoms with Crippen LogP contribution in [0.5, 0.6) is 0 Å². The Morgan fingerprint density at radius 1 is 1.15 bits per heavy atom. The van der Waals surface area contributed by atoms with Gasteiger partial charge in [0.15, 0.2) is 0 Å². The Morgan fingerprint density at radius 3 is 2.30 bits per heavy atom. The molecule has 1 aromatic rings. The topological polar surface area (TPSA) is 75.3 Å². The molecule has 0 radical (unpaired) electrons. The highest BCUT2D eigenvalue weighted by molar-refractivity contribution is 6.07. The van der Waals surface area contributed by atoms with E-state index in [1.807, 2.05) is 5.32 Å². The molecule has 0 fully saturated rings. The van der Waals surface area contributed by atoms with E-state index in [9.17, 15) is 27.6 Å². The molecule has 3 amide bonds. The first-order valence-corrected chi connectivity index (χ1v) is 5.46. The number of nitrogens with one attached hydrogen (secondary N) is 2. The molecule has 2 N–H and O–H groups in total. The summed E-state index contributed by atoms with van der Waals surface area (Å²) in [6, 6.07) is 3.20. The lowest BCUT2D eigenvalue weighted by atomic mass is 10.1. The van der Waals surface area contributed by atoms with Crippen LogP contribution in [0.25, 0.3) is 0 Å². The largest absolute Gasteiger partial charge is 0.418 e. The van der Waals surface area contributed by atoms with E-state index in [4.69, 9.17) is 0 Å². The molecule has 0 unspecified atom stereocenters. The monoisotopic (exact) mass is 288 g/mol. The van der Waals surface area contributed by atoms with Crippen molar-refractivity contribution in [1.82, 2.24) is 5.32 Å². The standard InChI is InChI=1S/C12H11F3N2O3/c1-7(18)6-10(19)17-11(20)16-9-5-3-2-4-8(9)12(13,14)15/h2-5H,6H2,1H3,(H2,16,17,19,20). The SMILES string of the molecule is CC(=O)CC(=O)NC(=O)Nc1ccccc1C(F)(F)F. The van der Waals surface area contributed by atoms with Crippen LogP contribution in [0.3, 0.4) is 0 Å². The lowest BCUT2D eigenvalue weighted by Gasteiger charge is -2.13. The van der Waals surface area contributed by atoms with Crippen LogP contribution >= 0.6 is 0 Å². The molecule has 0 aliphatic carbocycles. The zero-order chi connectivity index (χ0) is 15.3. The number of hydrogen-bond donors (Lipinski definition) is 2. The lowest BCUT2D eigenvalue weighted by molar-refractivity contribution is -0.137. The van der Waals surface area contributed by atoms with Crippen LogP contribution in [0.2, 0.25) is 0 Å². The van der Waals surface area contributed by atoms with Crippen molar-refractivity contribution in [3.63, 3.8) is 0 Å².